The summed E-state index contributed by atoms with van der Waals surface area (Å²) in [5.41, 5.74) is 1.20. The monoisotopic (exact) mass is 251 g/mol. The lowest BCUT2D eigenvalue weighted by molar-refractivity contribution is -0.121. The molecule has 0 saturated carbocycles. The average molecular weight is 251 g/mol. The zero-order valence-electron chi connectivity index (χ0n) is 11.9. The van der Waals surface area contributed by atoms with Gasteiger partial charge >= 0.3 is 0 Å². The van der Waals surface area contributed by atoms with Crippen LogP contribution in [0.1, 0.15) is 38.8 Å². The number of amides is 1. The number of hydrogen-bond acceptors (Lipinski definition) is 2. The van der Waals surface area contributed by atoms with Gasteiger partial charge in [0.1, 0.15) is 6.54 Å². The Morgan fingerprint density at radius 1 is 1.39 bits per heavy atom. The van der Waals surface area contributed by atoms with Gasteiger partial charge < -0.3 is 15.2 Å². The minimum absolute atomic E-state index is 0.0786. The van der Waals surface area contributed by atoms with Gasteiger partial charge in [0.15, 0.2) is 0 Å². The molecular formula is C14H25N3O. The van der Waals surface area contributed by atoms with Crippen molar-refractivity contribution in [2.75, 3.05) is 13.6 Å². The third-order valence-electron chi connectivity index (χ3n) is 3.08. The summed E-state index contributed by atoms with van der Waals surface area (Å²) in [5, 5.41) is 6.12. The van der Waals surface area contributed by atoms with E-state index in [4.69, 9.17) is 0 Å². The van der Waals surface area contributed by atoms with Gasteiger partial charge in [0.05, 0.1) is 0 Å². The molecule has 0 aliphatic carbocycles. The number of hydrogen-bond donors (Lipinski definition) is 2. The van der Waals surface area contributed by atoms with Gasteiger partial charge in [-0.25, -0.2) is 0 Å². The lowest BCUT2D eigenvalue weighted by atomic mass is 10.1. The first kappa shape index (κ1) is 14.8. The Balaban J connectivity index is 2.38. The first-order chi connectivity index (χ1) is 8.52. The Morgan fingerprint density at radius 2 is 2.11 bits per heavy atom. The van der Waals surface area contributed by atoms with E-state index in [2.05, 4.69) is 31.4 Å². The van der Waals surface area contributed by atoms with Crippen LogP contribution in [0, 0.1) is 5.92 Å². The maximum Gasteiger partial charge on any atom is 0.239 e. The van der Waals surface area contributed by atoms with Crippen LogP contribution in [0.3, 0.4) is 0 Å². The maximum atomic E-state index is 11.7. The van der Waals surface area contributed by atoms with Crippen molar-refractivity contribution in [3.8, 4) is 0 Å². The summed E-state index contributed by atoms with van der Waals surface area (Å²) in [6, 6.07) is 2.36. The zero-order valence-corrected chi connectivity index (χ0v) is 11.9. The first-order valence-electron chi connectivity index (χ1n) is 6.62. The molecule has 1 atom stereocenters. The molecule has 4 nitrogen and oxygen atoms in total. The number of carbonyl (C=O) groups is 1. The molecule has 102 valence electrons. The van der Waals surface area contributed by atoms with Gasteiger partial charge in [0, 0.05) is 25.0 Å². The van der Waals surface area contributed by atoms with Crippen LogP contribution in [-0.4, -0.2) is 24.1 Å². The number of rotatable bonds is 7. The normalized spacial score (nSPS) is 12.7. The molecule has 18 heavy (non-hydrogen) atoms. The predicted molar refractivity (Wildman–Crippen MR) is 74.4 cm³/mol. The molecule has 1 unspecified atom stereocenters. The number of aromatic nitrogens is 1. The van der Waals surface area contributed by atoms with Crippen LogP contribution in [0.2, 0.25) is 0 Å². The van der Waals surface area contributed by atoms with Gasteiger partial charge in [0.2, 0.25) is 5.91 Å². The van der Waals surface area contributed by atoms with Crippen molar-refractivity contribution in [2.24, 2.45) is 5.92 Å². The molecule has 4 heteroatoms. The van der Waals surface area contributed by atoms with E-state index in [9.17, 15) is 4.79 Å². The second-order valence-electron chi connectivity index (χ2n) is 5.16. The molecule has 0 aromatic carbocycles. The molecule has 0 radical (unpaired) electrons. The Hall–Kier alpha value is -1.29. The van der Waals surface area contributed by atoms with Crippen LogP contribution in [0.5, 0.6) is 0 Å². The van der Waals surface area contributed by atoms with Gasteiger partial charge in [0.25, 0.3) is 0 Å². The van der Waals surface area contributed by atoms with Crippen LogP contribution >= 0.6 is 0 Å². The zero-order chi connectivity index (χ0) is 13.5. The molecule has 0 fully saturated rings. The van der Waals surface area contributed by atoms with Crippen LogP contribution in [-0.2, 0) is 11.3 Å². The topological polar surface area (TPSA) is 46.1 Å². The Kier molecular flexibility index (Phi) is 5.92. The van der Waals surface area contributed by atoms with Crippen LogP contribution in [0.15, 0.2) is 18.5 Å². The third kappa shape index (κ3) is 4.92. The van der Waals surface area contributed by atoms with Gasteiger partial charge in [-0.3, -0.25) is 4.79 Å². The number of nitrogens with one attached hydrogen (secondary N) is 2. The van der Waals surface area contributed by atoms with Gasteiger partial charge in [-0.1, -0.05) is 13.8 Å². The smallest absolute Gasteiger partial charge is 0.239 e. The molecule has 1 heterocycles. The Labute approximate surface area is 110 Å². The van der Waals surface area contributed by atoms with Crippen molar-refractivity contribution >= 4 is 5.91 Å². The molecule has 0 saturated heterocycles. The van der Waals surface area contributed by atoms with Crippen molar-refractivity contribution in [1.82, 2.24) is 15.2 Å². The van der Waals surface area contributed by atoms with E-state index in [1.54, 1.807) is 0 Å². The lowest BCUT2D eigenvalue weighted by Gasteiger charge is -2.08. The average Bonchev–Trinajstić information content (AvgIpc) is 2.76. The highest BCUT2D eigenvalue weighted by Gasteiger charge is 2.06. The summed E-state index contributed by atoms with van der Waals surface area (Å²) in [7, 11) is 1.93. The predicted octanol–water partition coefficient (Wildman–Crippen LogP) is 1.93. The molecular weight excluding hydrogens is 226 g/mol. The largest absolute Gasteiger partial charge is 0.355 e. The molecule has 0 aliphatic rings. The number of carbonyl (C=O) groups excluding carboxylic acids is 1. The summed E-state index contributed by atoms with van der Waals surface area (Å²) in [6.07, 6.45) is 4.99. The Morgan fingerprint density at radius 3 is 2.72 bits per heavy atom. The van der Waals surface area contributed by atoms with E-state index < -0.39 is 0 Å². The van der Waals surface area contributed by atoms with E-state index >= 15 is 0 Å². The summed E-state index contributed by atoms with van der Waals surface area (Å²) in [4.78, 5) is 11.7. The molecule has 1 aromatic heterocycles. The van der Waals surface area contributed by atoms with E-state index in [0.29, 0.717) is 18.5 Å². The van der Waals surface area contributed by atoms with Crippen molar-refractivity contribution in [3.63, 3.8) is 0 Å². The number of nitrogens with zero attached hydrogens (tertiary/aromatic N) is 1. The van der Waals surface area contributed by atoms with E-state index in [1.165, 1.54) is 5.56 Å². The quantitative estimate of drug-likeness (QED) is 0.778. The van der Waals surface area contributed by atoms with Crippen molar-refractivity contribution in [1.29, 1.82) is 0 Å². The highest BCUT2D eigenvalue weighted by molar-refractivity contribution is 5.75. The summed E-state index contributed by atoms with van der Waals surface area (Å²) in [5.74, 6) is 0.704. The van der Waals surface area contributed by atoms with E-state index in [0.717, 1.165) is 13.0 Å². The van der Waals surface area contributed by atoms with Gasteiger partial charge in [-0.15, -0.1) is 0 Å². The van der Waals surface area contributed by atoms with Crippen molar-refractivity contribution in [2.45, 2.75) is 39.8 Å². The molecule has 0 spiro atoms. The standard InChI is InChI=1S/C14H25N3O/c1-11(2)5-7-16-14(18)10-17-8-6-13(9-17)12(3)15-4/h6,8-9,11-12,15H,5,7,10H2,1-4H3,(H,16,18). The molecule has 1 aromatic rings. The molecule has 0 aliphatic heterocycles. The first-order valence-corrected chi connectivity index (χ1v) is 6.62. The molecule has 0 bridgehead atoms. The third-order valence-corrected chi connectivity index (χ3v) is 3.08. The Bertz CT molecular complexity index is 371. The molecule has 2 N–H and O–H groups in total. The van der Waals surface area contributed by atoms with Crippen molar-refractivity contribution in [3.05, 3.63) is 24.0 Å². The SMILES string of the molecule is CNC(C)c1ccn(CC(=O)NCCC(C)C)c1. The minimum atomic E-state index is 0.0786. The fourth-order valence-electron chi connectivity index (χ4n) is 1.70. The van der Waals surface area contributed by atoms with Gasteiger partial charge in [-0.2, -0.15) is 0 Å². The highest BCUT2D eigenvalue weighted by atomic mass is 16.1. The fourth-order valence-corrected chi connectivity index (χ4v) is 1.70. The summed E-state index contributed by atoms with van der Waals surface area (Å²) in [6.45, 7) is 7.57. The lowest BCUT2D eigenvalue weighted by Crippen LogP contribution is -2.28. The molecule has 1 amide bonds. The maximum absolute atomic E-state index is 11.7. The summed E-state index contributed by atoms with van der Waals surface area (Å²) >= 11 is 0. The summed E-state index contributed by atoms with van der Waals surface area (Å²) < 4.78 is 1.92. The fraction of sp³-hybridized carbons (Fsp3) is 0.643. The second-order valence-corrected chi connectivity index (χ2v) is 5.16. The highest BCUT2D eigenvalue weighted by Crippen LogP contribution is 2.11. The second kappa shape index (κ2) is 7.21. The van der Waals surface area contributed by atoms with E-state index in [1.807, 2.05) is 30.1 Å². The molecule has 1 rings (SSSR count). The van der Waals surface area contributed by atoms with Crippen LogP contribution in [0.4, 0.5) is 0 Å². The minimum Gasteiger partial charge on any atom is -0.355 e. The van der Waals surface area contributed by atoms with Crippen LogP contribution < -0.4 is 10.6 Å². The van der Waals surface area contributed by atoms with E-state index in [-0.39, 0.29) is 5.91 Å². The van der Waals surface area contributed by atoms with Crippen molar-refractivity contribution < 1.29 is 4.79 Å². The van der Waals surface area contributed by atoms with Crippen LogP contribution in [0.25, 0.3) is 0 Å². The van der Waals surface area contributed by atoms with Gasteiger partial charge in [-0.05, 0) is 37.9 Å².